The lowest BCUT2D eigenvalue weighted by Gasteiger charge is -2.04. The SMILES string of the molecule is Cc1nc(Cc2ccc(F)cc2)sc1C(=O)Nc1cnc2c(c1)c(C)nn2C. The van der Waals surface area contributed by atoms with Crippen LogP contribution >= 0.6 is 11.3 Å². The molecule has 4 aromatic rings. The highest BCUT2D eigenvalue weighted by molar-refractivity contribution is 7.14. The minimum atomic E-state index is -0.270. The molecule has 0 radical (unpaired) electrons. The molecule has 0 atom stereocenters. The first-order valence-electron chi connectivity index (χ1n) is 8.72. The van der Waals surface area contributed by atoms with Gasteiger partial charge in [0, 0.05) is 18.9 Å². The van der Waals surface area contributed by atoms with Crippen molar-refractivity contribution in [2.45, 2.75) is 20.3 Å². The molecule has 1 aromatic carbocycles. The van der Waals surface area contributed by atoms with Crippen LogP contribution in [0, 0.1) is 19.7 Å². The Balaban J connectivity index is 1.54. The minimum absolute atomic E-state index is 0.219. The number of carbonyl (C=O) groups excluding carboxylic acids is 1. The van der Waals surface area contributed by atoms with Crippen LogP contribution in [0.2, 0.25) is 0 Å². The lowest BCUT2D eigenvalue weighted by atomic mass is 10.1. The number of aryl methyl sites for hydroxylation is 3. The summed E-state index contributed by atoms with van der Waals surface area (Å²) in [7, 11) is 1.84. The van der Waals surface area contributed by atoms with Gasteiger partial charge in [-0.3, -0.25) is 9.48 Å². The van der Waals surface area contributed by atoms with E-state index in [-0.39, 0.29) is 11.7 Å². The van der Waals surface area contributed by atoms with E-state index in [2.05, 4.69) is 20.4 Å². The van der Waals surface area contributed by atoms with Crippen molar-refractivity contribution < 1.29 is 9.18 Å². The standard InChI is InChI=1S/C20H18FN5OS/c1-11-16-9-15(10-22-19(16)26(3)25-11)24-20(27)18-12(2)23-17(28-18)8-13-4-6-14(21)7-5-13/h4-7,9-10H,8H2,1-3H3,(H,24,27). The highest BCUT2D eigenvalue weighted by atomic mass is 32.1. The van der Waals surface area contributed by atoms with Crippen molar-refractivity contribution in [3.63, 3.8) is 0 Å². The summed E-state index contributed by atoms with van der Waals surface area (Å²) < 4.78 is 14.8. The van der Waals surface area contributed by atoms with Gasteiger partial charge in [0.2, 0.25) is 0 Å². The number of amides is 1. The van der Waals surface area contributed by atoms with E-state index >= 15 is 0 Å². The van der Waals surface area contributed by atoms with Gasteiger partial charge in [-0.15, -0.1) is 11.3 Å². The molecule has 3 aromatic heterocycles. The predicted molar refractivity (Wildman–Crippen MR) is 107 cm³/mol. The van der Waals surface area contributed by atoms with Gasteiger partial charge in [0.25, 0.3) is 5.91 Å². The Kier molecular flexibility index (Phi) is 4.64. The van der Waals surface area contributed by atoms with Crippen LogP contribution in [0.3, 0.4) is 0 Å². The first kappa shape index (κ1) is 18.2. The molecule has 0 fully saturated rings. The first-order valence-corrected chi connectivity index (χ1v) is 9.54. The second-order valence-electron chi connectivity index (χ2n) is 6.58. The topological polar surface area (TPSA) is 72.7 Å². The Morgan fingerprint density at radius 2 is 1.96 bits per heavy atom. The summed E-state index contributed by atoms with van der Waals surface area (Å²) in [5.41, 5.74) is 3.86. The van der Waals surface area contributed by atoms with Crippen LogP contribution in [0.15, 0.2) is 36.5 Å². The molecular weight excluding hydrogens is 377 g/mol. The summed E-state index contributed by atoms with van der Waals surface area (Å²) in [6.07, 6.45) is 2.18. The third-order valence-electron chi connectivity index (χ3n) is 4.44. The minimum Gasteiger partial charge on any atom is -0.320 e. The maximum absolute atomic E-state index is 13.1. The van der Waals surface area contributed by atoms with Gasteiger partial charge in [0.1, 0.15) is 10.7 Å². The lowest BCUT2D eigenvalue weighted by Crippen LogP contribution is -2.11. The van der Waals surface area contributed by atoms with Gasteiger partial charge in [0.15, 0.2) is 5.65 Å². The van der Waals surface area contributed by atoms with Crippen LogP contribution in [0.5, 0.6) is 0 Å². The Morgan fingerprint density at radius 1 is 1.21 bits per heavy atom. The van der Waals surface area contributed by atoms with E-state index in [1.54, 1.807) is 23.0 Å². The summed E-state index contributed by atoms with van der Waals surface area (Å²) in [6.45, 7) is 3.72. The van der Waals surface area contributed by atoms with Crippen LogP contribution in [0.1, 0.15) is 31.6 Å². The number of halogens is 1. The summed E-state index contributed by atoms with van der Waals surface area (Å²) in [5.74, 6) is -0.489. The molecule has 0 aliphatic carbocycles. The van der Waals surface area contributed by atoms with Gasteiger partial charge >= 0.3 is 0 Å². The molecule has 1 amide bonds. The Hall–Kier alpha value is -3.13. The van der Waals surface area contributed by atoms with Crippen LogP contribution in [0.4, 0.5) is 10.1 Å². The van der Waals surface area contributed by atoms with Crippen molar-refractivity contribution in [1.29, 1.82) is 0 Å². The first-order chi connectivity index (χ1) is 13.4. The molecule has 0 aliphatic rings. The normalized spacial score (nSPS) is 11.1. The van der Waals surface area contributed by atoms with E-state index in [1.807, 2.05) is 27.0 Å². The molecule has 28 heavy (non-hydrogen) atoms. The highest BCUT2D eigenvalue weighted by Gasteiger charge is 2.17. The molecule has 0 saturated heterocycles. The zero-order chi connectivity index (χ0) is 19.8. The molecule has 142 valence electrons. The summed E-state index contributed by atoms with van der Waals surface area (Å²) in [5, 5.41) is 8.95. The second kappa shape index (κ2) is 7.12. The fourth-order valence-corrected chi connectivity index (χ4v) is 4.07. The number of hydrogen-bond acceptors (Lipinski definition) is 5. The van der Waals surface area contributed by atoms with E-state index in [0.717, 1.165) is 27.3 Å². The molecule has 1 N–H and O–H groups in total. The average Bonchev–Trinajstić information content (AvgIpc) is 3.16. The van der Waals surface area contributed by atoms with Crippen molar-refractivity contribution in [2.75, 3.05) is 5.32 Å². The van der Waals surface area contributed by atoms with Crippen molar-refractivity contribution >= 4 is 34.0 Å². The van der Waals surface area contributed by atoms with Crippen LogP contribution in [0.25, 0.3) is 11.0 Å². The van der Waals surface area contributed by atoms with Crippen LogP contribution in [-0.4, -0.2) is 25.7 Å². The summed E-state index contributed by atoms with van der Waals surface area (Å²) in [6, 6.07) is 8.17. The molecule has 0 bridgehead atoms. The van der Waals surface area contributed by atoms with Gasteiger partial charge in [-0.1, -0.05) is 12.1 Å². The molecule has 4 rings (SSSR count). The molecule has 3 heterocycles. The number of fused-ring (bicyclic) bond motifs is 1. The van der Waals surface area contributed by atoms with Crippen LogP contribution in [-0.2, 0) is 13.5 Å². The van der Waals surface area contributed by atoms with E-state index in [9.17, 15) is 9.18 Å². The van der Waals surface area contributed by atoms with Crippen molar-refractivity contribution in [3.8, 4) is 0 Å². The molecule has 0 aliphatic heterocycles. The predicted octanol–water partition coefficient (Wildman–Crippen LogP) is 4.02. The number of anilines is 1. The number of aromatic nitrogens is 4. The maximum atomic E-state index is 13.1. The van der Waals surface area contributed by atoms with E-state index in [4.69, 9.17) is 0 Å². The number of nitrogens with one attached hydrogen (secondary N) is 1. The van der Waals surface area contributed by atoms with Gasteiger partial charge in [0.05, 0.1) is 28.3 Å². The Bertz CT molecular complexity index is 1180. The van der Waals surface area contributed by atoms with E-state index in [0.29, 0.717) is 22.7 Å². The second-order valence-corrected chi connectivity index (χ2v) is 7.67. The van der Waals surface area contributed by atoms with Gasteiger partial charge in [-0.25, -0.2) is 14.4 Å². The zero-order valence-corrected chi connectivity index (χ0v) is 16.5. The third-order valence-corrected chi connectivity index (χ3v) is 5.59. The van der Waals surface area contributed by atoms with Gasteiger partial charge < -0.3 is 5.32 Å². The van der Waals surface area contributed by atoms with E-state index in [1.165, 1.54) is 23.5 Å². The number of hydrogen-bond donors (Lipinski definition) is 1. The largest absolute Gasteiger partial charge is 0.320 e. The smallest absolute Gasteiger partial charge is 0.267 e. The molecule has 0 spiro atoms. The average molecular weight is 395 g/mol. The van der Waals surface area contributed by atoms with Crippen LogP contribution < -0.4 is 5.32 Å². The number of pyridine rings is 1. The zero-order valence-electron chi connectivity index (χ0n) is 15.7. The molecule has 8 heteroatoms. The lowest BCUT2D eigenvalue weighted by molar-refractivity contribution is 0.103. The maximum Gasteiger partial charge on any atom is 0.267 e. The van der Waals surface area contributed by atoms with Crippen molar-refractivity contribution in [3.05, 3.63) is 69.2 Å². The molecule has 6 nitrogen and oxygen atoms in total. The van der Waals surface area contributed by atoms with Gasteiger partial charge in [-0.05, 0) is 37.6 Å². The molecular formula is C20H18FN5OS. The Morgan fingerprint density at radius 3 is 2.71 bits per heavy atom. The summed E-state index contributed by atoms with van der Waals surface area (Å²) in [4.78, 5) is 22.2. The van der Waals surface area contributed by atoms with Crippen molar-refractivity contribution in [1.82, 2.24) is 19.7 Å². The Labute approximate surface area is 165 Å². The fourth-order valence-electron chi connectivity index (χ4n) is 3.08. The fraction of sp³-hybridized carbons (Fsp3) is 0.200. The van der Waals surface area contributed by atoms with E-state index < -0.39 is 0 Å². The van der Waals surface area contributed by atoms with Crippen molar-refractivity contribution in [2.24, 2.45) is 7.05 Å². The number of rotatable bonds is 4. The quantitative estimate of drug-likeness (QED) is 0.566. The van der Waals surface area contributed by atoms with Gasteiger partial charge in [-0.2, -0.15) is 5.10 Å². The monoisotopic (exact) mass is 395 g/mol. The third kappa shape index (κ3) is 3.50. The highest BCUT2D eigenvalue weighted by Crippen LogP contribution is 2.24. The molecule has 0 unspecified atom stereocenters. The number of thiazole rings is 1. The number of carbonyl (C=O) groups is 1. The molecule has 0 saturated carbocycles. The summed E-state index contributed by atoms with van der Waals surface area (Å²) >= 11 is 1.34. The number of nitrogens with zero attached hydrogens (tertiary/aromatic N) is 4. The number of benzene rings is 1.